The monoisotopic (exact) mass is 346 g/mol. The van der Waals surface area contributed by atoms with Gasteiger partial charge in [-0.15, -0.1) is 0 Å². The predicted octanol–water partition coefficient (Wildman–Crippen LogP) is 2.45. The number of halogens is 1. The Balaban J connectivity index is 1.90. The van der Waals surface area contributed by atoms with E-state index in [2.05, 4.69) is 31.2 Å². The smallest absolute Gasteiger partial charge is 0.323 e. The molecule has 7 heteroatoms. The maximum atomic E-state index is 12.2. The molecule has 3 rings (SSSR count). The SMILES string of the molecule is Nc1cc(Br)cc(C(=O)Nc2ccc3[nH]c(=O)[nH]c3c2)c1. The number of H-pyrrole nitrogens is 2. The molecule has 21 heavy (non-hydrogen) atoms. The standard InChI is InChI=1S/C14H11BrN4O2/c15-8-3-7(4-9(16)5-8)13(20)17-10-1-2-11-12(6-10)19-14(21)18-11/h1-6H,16H2,(H,17,20)(H2,18,19,21). The van der Waals surface area contributed by atoms with Crippen molar-refractivity contribution in [2.75, 3.05) is 11.1 Å². The number of carbonyl (C=O) groups excluding carboxylic acids is 1. The molecule has 0 aliphatic heterocycles. The number of nitrogens with two attached hydrogens (primary N) is 1. The zero-order chi connectivity index (χ0) is 15.0. The second-order valence-electron chi connectivity index (χ2n) is 4.57. The van der Waals surface area contributed by atoms with E-state index in [1.165, 1.54) is 0 Å². The van der Waals surface area contributed by atoms with Gasteiger partial charge in [-0.1, -0.05) is 15.9 Å². The predicted molar refractivity (Wildman–Crippen MR) is 85.4 cm³/mol. The van der Waals surface area contributed by atoms with Crippen LogP contribution in [0.3, 0.4) is 0 Å². The van der Waals surface area contributed by atoms with E-state index in [1.54, 1.807) is 36.4 Å². The highest BCUT2D eigenvalue weighted by atomic mass is 79.9. The van der Waals surface area contributed by atoms with Crippen molar-refractivity contribution in [3.8, 4) is 0 Å². The molecule has 0 spiro atoms. The second kappa shape index (κ2) is 5.10. The average Bonchev–Trinajstić information content (AvgIpc) is 2.77. The number of rotatable bonds is 2. The molecule has 6 nitrogen and oxygen atoms in total. The molecule has 1 amide bonds. The number of hydrogen-bond acceptors (Lipinski definition) is 3. The third-order valence-electron chi connectivity index (χ3n) is 2.96. The lowest BCUT2D eigenvalue weighted by atomic mass is 10.2. The van der Waals surface area contributed by atoms with Crippen molar-refractivity contribution in [1.82, 2.24) is 9.97 Å². The first-order valence-electron chi connectivity index (χ1n) is 6.11. The molecule has 0 bridgehead atoms. The largest absolute Gasteiger partial charge is 0.399 e. The molecule has 2 aromatic carbocycles. The maximum Gasteiger partial charge on any atom is 0.323 e. The molecule has 1 heterocycles. The van der Waals surface area contributed by atoms with Gasteiger partial charge in [0.2, 0.25) is 0 Å². The summed E-state index contributed by atoms with van der Waals surface area (Å²) in [5.41, 5.74) is 8.28. The van der Waals surface area contributed by atoms with Crippen molar-refractivity contribution >= 4 is 44.2 Å². The fourth-order valence-electron chi connectivity index (χ4n) is 2.06. The lowest BCUT2D eigenvalue weighted by Crippen LogP contribution is -2.12. The van der Waals surface area contributed by atoms with Crippen molar-refractivity contribution in [2.45, 2.75) is 0 Å². The molecule has 3 aromatic rings. The summed E-state index contributed by atoms with van der Waals surface area (Å²) in [7, 11) is 0. The Kier molecular flexibility index (Phi) is 3.26. The maximum absolute atomic E-state index is 12.2. The third-order valence-corrected chi connectivity index (χ3v) is 3.41. The van der Waals surface area contributed by atoms with E-state index in [9.17, 15) is 9.59 Å². The van der Waals surface area contributed by atoms with Crippen molar-refractivity contribution in [3.63, 3.8) is 0 Å². The van der Waals surface area contributed by atoms with Gasteiger partial charge < -0.3 is 21.0 Å². The van der Waals surface area contributed by atoms with Gasteiger partial charge in [-0.2, -0.15) is 0 Å². The van der Waals surface area contributed by atoms with E-state index in [0.29, 0.717) is 28.0 Å². The first-order chi connectivity index (χ1) is 10.0. The van der Waals surface area contributed by atoms with Crippen LogP contribution in [0.1, 0.15) is 10.4 Å². The lowest BCUT2D eigenvalue weighted by Gasteiger charge is -2.06. The number of nitrogens with one attached hydrogen (secondary N) is 3. The highest BCUT2D eigenvalue weighted by molar-refractivity contribution is 9.10. The fourth-order valence-corrected chi connectivity index (χ4v) is 2.57. The summed E-state index contributed by atoms with van der Waals surface area (Å²) in [6.07, 6.45) is 0. The van der Waals surface area contributed by atoms with E-state index < -0.39 is 0 Å². The number of carbonyl (C=O) groups is 1. The van der Waals surface area contributed by atoms with E-state index in [4.69, 9.17) is 5.73 Å². The van der Waals surface area contributed by atoms with Crippen molar-refractivity contribution < 1.29 is 4.79 Å². The Bertz CT molecular complexity index is 877. The number of imidazole rings is 1. The summed E-state index contributed by atoms with van der Waals surface area (Å²) in [5, 5.41) is 2.76. The normalized spacial score (nSPS) is 10.7. The molecule has 0 aliphatic rings. The Morgan fingerprint density at radius 3 is 2.62 bits per heavy atom. The van der Waals surface area contributed by atoms with Crippen LogP contribution >= 0.6 is 15.9 Å². The van der Waals surface area contributed by atoms with Gasteiger partial charge >= 0.3 is 5.69 Å². The number of nitrogen functional groups attached to an aromatic ring is 1. The molecular weight excluding hydrogens is 336 g/mol. The van der Waals surface area contributed by atoms with Gasteiger partial charge in [-0.3, -0.25) is 4.79 Å². The lowest BCUT2D eigenvalue weighted by molar-refractivity contribution is 0.102. The number of benzene rings is 2. The molecule has 0 atom stereocenters. The average molecular weight is 347 g/mol. The topological polar surface area (TPSA) is 104 Å². The van der Waals surface area contributed by atoms with Crippen molar-refractivity contribution in [1.29, 1.82) is 0 Å². The summed E-state index contributed by atoms with van der Waals surface area (Å²) >= 11 is 3.30. The van der Waals surface area contributed by atoms with Crippen LogP contribution in [-0.4, -0.2) is 15.9 Å². The van der Waals surface area contributed by atoms with E-state index in [1.807, 2.05) is 0 Å². The molecule has 1 aromatic heterocycles. The zero-order valence-electron chi connectivity index (χ0n) is 10.7. The molecule has 0 fully saturated rings. The molecule has 0 saturated heterocycles. The minimum atomic E-state index is -0.284. The Morgan fingerprint density at radius 1 is 1.10 bits per heavy atom. The minimum Gasteiger partial charge on any atom is -0.399 e. The zero-order valence-corrected chi connectivity index (χ0v) is 12.3. The van der Waals surface area contributed by atoms with Crippen molar-refractivity contribution in [2.24, 2.45) is 0 Å². The van der Waals surface area contributed by atoms with Gasteiger partial charge in [-0.25, -0.2) is 4.79 Å². The molecule has 0 aliphatic carbocycles. The first kappa shape index (κ1) is 13.4. The number of hydrogen-bond donors (Lipinski definition) is 4. The van der Waals surface area contributed by atoms with E-state index in [-0.39, 0.29) is 11.6 Å². The van der Waals surface area contributed by atoms with Crippen LogP contribution in [0, 0.1) is 0 Å². The van der Waals surface area contributed by atoms with Crippen LogP contribution in [0.5, 0.6) is 0 Å². The summed E-state index contributed by atoms with van der Waals surface area (Å²) in [4.78, 5) is 28.7. The van der Waals surface area contributed by atoms with Crippen LogP contribution in [0.25, 0.3) is 11.0 Å². The number of aromatic nitrogens is 2. The van der Waals surface area contributed by atoms with E-state index in [0.717, 1.165) is 4.47 Å². The van der Waals surface area contributed by atoms with Gasteiger partial charge in [0.15, 0.2) is 0 Å². The summed E-state index contributed by atoms with van der Waals surface area (Å²) in [6, 6.07) is 10.1. The van der Waals surface area contributed by atoms with Gasteiger partial charge in [0, 0.05) is 21.4 Å². The van der Waals surface area contributed by atoms with Gasteiger partial charge in [0.1, 0.15) is 0 Å². The number of aromatic amines is 2. The van der Waals surface area contributed by atoms with Crippen LogP contribution in [-0.2, 0) is 0 Å². The third kappa shape index (κ3) is 2.82. The highest BCUT2D eigenvalue weighted by Crippen LogP contribution is 2.19. The number of anilines is 2. The van der Waals surface area contributed by atoms with Crippen molar-refractivity contribution in [3.05, 3.63) is 56.9 Å². The van der Waals surface area contributed by atoms with Crippen LogP contribution in [0.2, 0.25) is 0 Å². The summed E-state index contributed by atoms with van der Waals surface area (Å²) in [5.74, 6) is -0.278. The minimum absolute atomic E-state index is 0.278. The molecule has 106 valence electrons. The van der Waals surface area contributed by atoms with Crippen LogP contribution < -0.4 is 16.7 Å². The molecule has 5 N–H and O–H groups in total. The van der Waals surface area contributed by atoms with Gasteiger partial charge in [0.25, 0.3) is 5.91 Å². The summed E-state index contributed by atoms with van der Waals surface area (Å²) in [6.45, 7) is 0. The fraction of sp³-hybridized carbons (Fsp3) is 0. The van der Waals surface area contributed by atoms with Gasteiger partial charge in [0.05, 0.1) is 11.0 Å². The molecule has 0 radical (unpaired) electrons. The highest BCUT2D eigenvalue weighted by Gasteiger charge is 2.09. The quantitative estimate of drug-likeness (QED) is 0.535. The molecule has 0 unspecified atom stereocenters. The second-order valence-corrected chi connectivity index (χ2v) is 5.48. The van der Waals surface area contributed by atoms with Crippen LogP contribution in [0.15, 0.2) is 45.7 Å². The Labute approximate surface area is 127 Å². The Morgan fingerprint density at radius 2 is 1.86 bits per heavy atom. The van der Waals surface area contributed by atoms with E-state index >= 15 is 0 Å². The Hall–Kier alpha value is -2.54. The summed E-state index contributed by atoms with van der Waals surface area (Å²) < 4.78 is 0.734. The number of amides is 1. The number of fused-ring (bicyclic) bond motifs is 1. The van der Waals surface area contributed by atoms with Crippen LogP contribution in [0.4, 0.5) is 11.4 Å². The van der Waals surface area contributed by atoms with Gasteiger partial charge in [-0.05, 0) is 36.4 Å². The molecular formula is C14H11BrN4O2. The first-order valence-corrected chi connectivity index (χ1v) is 6.90. The molecule has 0 saturated carbocycles.